The second-order valence-electron chi connectivity index (χ2n) is 6.96. The molecule has 148 valence electrons. The molecular weight excluding hydrogens is 354 g/mol. The van der Waals surface area contributed by atoms with E-state index in [1.54, 1.807) is 0 Å². The molecule has 28 heavy (non-hydrogen) atoms. The molecule has 3 rings (SSSR count). The summed E-state index contributed by atoms with van der Waals surface area (Å²) in [5, 5.41) is 5.51. The molecule has 1 aliphatic heterocycles. The fourth-order valence-corrected chi connectivity index (χ4v) is 3.40. The lowest BCUT2D eigenvalue weighted by atomic mass is 10.1. The maximum atomic E-state index is 12.8. The Hall–Kier alpha value is -3.02. The van der Waals surface area contributed by atoms with Crippen molar-refractivity contribution in [2.24, 2.45) is 0 Å². The lowest BCUT2D eigenvalue weighted by Gasteiger charge is -2.29. The third kappa shape index (κ3) is 5.49. The van der Waals surface area contributed by atoms with Gasteiger partial charge in [0, 0.05) is 30.9 Å². The van der Waals surface area contributed by atoms with Crippen LogP contribution in [-0.4, -0.2) is 38.2 Å². The lowest BCUT2D eigenvalue weighted by molar-refractivity contribution is -0.118. The Labute approximate surface area is 165 Å². The molecule has 6 heteroatoms. The summed E-state index contributed by atoms with van der Waals surface area (Å²) in [5.74, 6) is -0.278. The molecule has 1 unspecified atom stereocenters. The topological polar surface area (TPSA) is 70.7 Å². The number of carbonyl (C=O) groups excluding carboxylic acids is 2. The standard InChI is InChI=1S/C22H27N3O3/c1-28-22(27)24-20(16-17-8-4-2-5-9-17)21(26)23-18-10-12-19(13-11-18)25-14-6-3-7-15-25/h2,4-5,8-13,20H,3,6-7,14-16H2,1H3,(H,23,26)(H,24,27). The number of hydrogen-bond donors (Lipinski definition) is 2. The van der Waals surface area contributed by atoms with Crippen molar-refractivity contribution in [3.05, 3.63) is 60.2 Å². The van der Waals surface area contributed by atoms with Crippen molar-refractivity contribution in [1.29, 1.82) is 0 Å². The molecule has 6 nitrogen and oxygen atoms in total. The number of hydrogen-bond acceptors (Lipinski definition) is 4. The summed E-state index contributed by atoms with van der Waals surface area (Å²) in [4.78, 5) is 26.8. The van der Waals surface area contributed by atoms with Crippen molar-refractivity contribution in [1.82, 2.24) is 5.32 Å². The highest BCUT2D eigenvalue weighted by molar-refractivity contribution is 5.96. The molecule has 1 atom stereocenters. The van der Waals surface area contributed by atoms with Gasteiger partial charge in [0.15, 0.2) is 0 Å². The molecule has 2 amide bonds. The van der Waals surface area contributed by atoms with Gasteiger partial charge in [-0.05, 0) is 49.1 Å². The summed E-state index contributed by atoms with van der Waals surface area (Å²) in [6.45, 7) is 2.15. The summed E-state index contributed by atoms with van der Waals surface area (Å²) >= 11 is 0. The van der Waals surface area contributed by atoms with Crippen molar-refractivity contribution in [3.63, 3.8) is 0 Å². The largest absolute Gasteiger partial charge is 0.453 e. The first kappa shape index (κ1) is 19.7. The van der Waals surface area contributed by atoms with E-state index in [0.717, 1.165) is 18.7 Å². The summed E-state index contributed by atoms with van der Waals surface area (Å²) in [5.41, 5.74) is 2.83. The van der Waals surface area contributed by atoms with Crippen LogP contribution in [0, 0.1) is 0 Å². The molecule has 0 spiro atoms. The van der Waals surface area contributed by atoms with Gasteiger partial charge < -0.3 is 20.3 Å². The van der Waals surface area contributed by atoms with Crippen LogP contribution < -0.4 is 15.5 Å². The number of nitrogens with one attached hydrogen (secondary N) is 2. The van der Waals surface area contributed by atoms with Crippen molar-refractivity contribution in [2.45, 2.75) is 31.7 Å². The number of alkyl carbamates (subject to hydrolysis) is 1. The molecule has 0 aromatic heterocycles. The zero-order valence-electron chi connectivity index (χ0n) is 16.2. The molecule has 1 saturated heterocycles. The summed E-state index contributed by atoms with van der Waals surface area (Å²) in [7, 11) is 1.28. The molecular formula is C22H27N3O3. The van der Waals surface area contributed by atoms with E-state index in [9.17, 15) is 9.59 Å². The van der Waals surface area contributed by atoms with Crippen molar-refractivity contribution < 1.29 is 14.3 Å². The average Bonchev–Trinajstić information content (AvgIpc) is 2.75. The van der Waals surface area contributed by atoms with Gasteiger partial charge in [-0.15, -0.1) is 0 Å². The van der Waals surface area contributed by atoms with Gasteiger partial charge >= 0.3 is 6.09 Å². The van der Waals surface area contributed by atoms with E-state index in [1.165, 1.54) is 32.1 Å². The SMILES string of the molecule is COC(=O)NC(Cc1ccccc1)C(=O)Nc1ccc(N2CCCCC2)cc1. The number of rotatable bonds is 6. The van der Waals surface area contributed by atoms with Gasteiger partial charge in [-0.3, -0.25) is 4.79 Å². The average molecular weight is 381 g/mol. The Kier molecular flexibility index (Phi) is 6.89. The highest BCUT2D eigenvalue weighted by atomic mass is 16.5. The molecule has 0 aliphatic carbocycles. The number of nitrogens with zero attached hydrogens (tertiary/aromatic N) is 1. The van der Waals surface area contributed by atoms with Crippen LogP contribution in [0.3, 0.4) is 0 Å². The molecule has 2 aromatic carbocycles. The molecule has 2 N–H and O–H groups in total. The number of benzene rings is 2. The highest BCUT2D eigenvalue weighted by Crippen LogP contribution is 2.22. The monoisotopic (exact) mass is 381 g/mol. The minimum Gasteiger partial charge on any atom is -0.453 e. The molecule has 0 radical (unpaired) electrons. The van der Waals surface area contributed by atoms with Gasteiger partial charge in [0.25, 0.3) is 0 Å². The van der Waals surface area contributed by atoms with Gasteiger partial charge in [-0.1, -0.05) is 30.3 Å². The number of methoxy groups -OCH3 is 1. The van der Waals surface area contributed by atoms with Crippen LogP contribution in [0.5, 0.6) is 0 Å². The molecule has 0 bridgehead atoms. The third-order valence-electron chi connectivity index (χ3n) is 4.93. The van der Waals surface area contributed by atoms with Gasteiger partial charge in [0.2, 0.25) is 5.91 Å². The van der Waals surface area contributed by atoms with E-state index in [0.29, 0.717) is 12.1 Å². The first-order valence-electron chi connectivity index (χ1n) is 9.70. The van der Waals surface area contributed by atoms with Crippen molar-refractivity contribution >= 4 is 23.4 Å². The first-order chi connectivity index (χ1) is 13.7. The fourth-order valence-electron chi connectivity index (χ4n) is 3.40. The normalized spacial score (nSPS) is 14.8. The Balaban J connectivity index is 1.65. The van der Waals surface area contributed by atoms with Gasteiger partial charge in [0.1, 0.15) is 6.04 Å². The van der Waals surface area contributed by atoms with Crippen LogP contribution in [0.4, 0.5) is 16.2 Å². The second kappa shape index (κ2) is 9.78. The van der Waals surface area contributed by atoms with Gasteiger partial charge in [0.05, 0.1) is 7.11 Å². The van der Waals surface area contributed by atoms with E-state index in [-0.39, 0.29) is 5.91 Å². The maximum absolute atomic E-state index is 12.8. The molecule has 1 heterocycles. The van der Waals surface area contributed by atoms with Crippen molar-refractivity contribution in [2.75, 3.05) is 30.4 Å². The minimum atomic E-state index is -0.725. The minimum absolute atomic E-state index is 0.278. The zero-order valence-corrected chi connectivity index (χ0v) is 16.2. The van der Waals surface area contributed by atoms with Crippen LogP contribution in [0.1, 0.15) is 24.8 Å². The maximum Gasteiger partial charge on any atom is 0.407 e. The van der Waals surface area contributed by atoms with Crippen LogP contribution in [0.2, 0.25) is 0 Å². The quantitative estimate of drug-likeness (QED) is 0.802. The van der Waals surface area contributed by atoms with E-state index in [2.05, 4.69) is 20.3 Å². The summed E-state index contributed by atoms with van der Waals surface area (Å²) in [6.07, 6.45) is 3.49. The lowest BCUT2D eigenvalue weighted by Crippen LogP contribution is -2.45. The Bertz CT molecular complexity index is 771. The predicted octanol–water partition coefficient (Wildman–Crippen LogP) is 3.58. The second-order valence-corrected chi connectivity index (χ2v) is 6.96. The fraction of sp³-hybridized carbons (Fsp3) is 0.364. The summed E-state index contributed by atoms with van der Waals surface area (Å²) < 4.78 is 4.67. The first-order valence-corrected chi connectivity index (χ1v) is 9.70. The Morgan fingerprint density at radius 1 is 1.00 bits per heavy atom. The van der Waals surface area contributed by atoms with Crippen LogP contribution in [0.15, 0.2) is 54.6 Å². The Morgan fingerprint density at radius 2 is 1.68 bits per heavy atom. The zero-order chi connectivity index (χ0) is 19.8. The van der Waals surface area contributed by atoms with Crippen LogP contribution in [0.25, 0.3) is 0 Å². The highest BCUT2D eigenvalue weighted by Gasteiger charge is 2.22. The number of carbonyl (C=O) groups is 2. The van der Waals surface area contributed by atoms with E-state index in [4.69, 9.17) is 0 Å². The number of piperidine rings is 1. The Morgan fingerprint density at radius 3 is 2.32 bits per heavy atom. The third-order valence-corrected chi connectivity index (χ3v) is 4.93. The summed E-state index contributed by atoms with van der Waals surface area (Å²) in [6, 6.07) is 16.7. The number of anilines is 2. The van der Waals surface area contributed by atoms with E-state index < -0.39 is 12.1 Å². The van der Waals surface area contributed by atoms with Crippen molar-refractivity contribution in [3.8, 4) is 0 Å². The number of amides is 2. The number of ether oxygens (including phenoxy) is 1. The van der Waals surface area contributed by atoms with Gasteiger partial charge in [-0.25, -0.2) is 4.79 Å². The molecule has 2 aromatic rings. The smallest absolute Gasteiger partial charge is 0.407 e. The van der Waals surface area contributed by atoms with Crippen LogP contribution in [-0.2, 0) is 16.0 Å². The molecule has 1 fully saturated rings. The predicted molar refractivity (Wildman–Crippen MR) is 111 cm³/mol. The van der Waals surface area contributed by atoms with Crippen LogP contribution >= 0.6 is 0 Å². The van der Waals surface area contributed by atoms with E-state index in [1.807, 2.05) is 54.6 Å². The molecule has 0 saturated carbocycles. The van der Waals surface area contributed by atoms with E-state index >= 15 is 0 Å². The van der Waals surface area contributed by atoms with Gasteiger partial charge in [-0.2, -0.15) is 0 Å². The molecule has 1 aliphatic rings.